The van der Waals surface area contributed by atoms with Gasteiger partial charge in [0.1, 0.15) is 0 Å². The standard InChI is InChI=1S/C111H127N3/c1-9-15-21-25-27-33-77-111(78-34-28-26-22-16-10-2)104-75-76-107-110(109(104)101-74-43-83(8)79-105(101)111)102-39-31-32-40-106(102)114(107)108-81-93(37-29-23-17-11-3)103(80-94(108)38-30-24-18-12-4)92-60-72-100(73-61-92)113(98-66-54-89(55-67-98)87-50-46-85(47-51-87)36-20-14-6)99-70-58-91(59-71-99)90-56-68-97(69-57-90)112(95-62-41-82(7)42-63-95)96-64-52-88(53-65-96)86-48-44-84(45-49-86)35-19-13-5/h31-32,39-76,79-81H,9-30,33-38,77-78H2,1-8H3. The maximum atomic E-state index is 2.74. The Morgan fingerprint density at radius 3 is 1.10 bits per heavy atom. The van der Waals surface area contributed by atoms with Crippen LogP contribution >= 0.6 is 0 Å². The van der Waals surface area contributed by atoms with E-state index in [2.05, 4.69) is 331 Å². The molecule has 0 N–H and O–H groups in total. The van der Waals surface area contributed by atoms with E-state index in [1.807, 2.05) is 0 Å². The van der Waals surface area contributed by atoms with Crippen molar-refractivity contribution in [2.75, 3.05) is 9.80 Å². The molecule has 0 atom stereocenters. The monoisotopic (exact) mass is 1500 g/mol. The zero-order chi connectivity index (χ0) is 78.6. The number of fused-ring (bicyclic) bond motifs is 7. The van der Waals surface area contributed by atoms with Crippen molar-refractivity contribution in [1.29, 1.82) is 0 Å². The summed E-state index contributed by atoms with van der Waals surface area (Å²) in [5.74, 6) is 0. The molecule has 586 valence electrons. The largest absolute Gasteiger partial charge is 0.311 e. The van der Waals surface area contributed by atoms with Crippen molar-refractivity contribution in [3.63, 3.8) is 0 Å². The molecule has 0 saturated heterocycles. The molecule has 3 nitrogen and oxygen atoms in total. The second-order valence-electron chi connectivity index (χ2n) is 33.5. The van der Waals surface area contributed by atoms with Crippen molar-refractivity contribution in [3.8, 4) is 61.3 Å². The Bertz CT molecular complexity index is 5170. The fourth-order valence-electron chi connectivity index (χ4n) is 18.6. The summed E-state index contributed by atoms with van der Waals surface area (Å²) < 4.78 is 2.74. The first kappa shape index (κ1) is 80.6. The molecule has 0 aliphatic heterocycles. The summed E-state index contributed by atoms with van der Waals surface area (Å²) in [6.07, 6.45) is 37.1. The third kappa shape index (κ3) is 18.5. The lowest BCUT2D eigenvalue weighted by Gasteiger charge is -2.33. The van der Waals surface area contributed by atoms with Crippen LogP contribution < -0.4 is 9.80 Å². The Labute approximate surface area is 686 Å². The molecule has 1 aliphatic carbocycles. The molecule has 0 bridgehead atoms. The second-order valence-corrected chi connectivity index (χ2v) is 33.5. The van der Waals surface area contributed by atoms with Gasteiger partial charge in [-0.1, -0.05) is 345 Å². The zero-order valence-corrected chi connectivity index (χ0v) is 70.4. The van der Waals surface area contributed by atoms with Crippen LogP contribution in [0.5, 0.6) is 0 Å². The molecule has 0 amide bonds. The molecule has 13 aromatic rings. The van der Waals surface area contributed by atoms with Crippen LogP contribution in [0.25, 0.3) is 83.1 Å². The number of aromatic nitrogens is 1. The van der Waals surface area contributed by atoms with E-state index < -0.39 is 0 Å². The summed E-state index contributed by atoms with van der Waals surface area (Å²) >= 11 is 0. The van der Waals surface area contributed by atoms with Gasteiger partial charge in [0.2, 0.25) is 0 Å². The van der Waals surface area contributed by atoms with E-state index in [-0.39, 0.29) is 5.41 Å². The van der Waals surface area contributed by atoms with Gasteiger partial charge in [-0.3, -0.25) is 0 Å². The summed E-state index contributed by atoms with van der Waals surface area (Å²) in [5, 5.41) is 2.82. The fourth-order valence-corrected chi connectivity index (χ4v) is 18.6. The second kappa shape index (κ2) is 39.4. The lowest BCUT2D eigenvalue weighted by Crippen LogP contribution is -2.25. The normalized spacial score (nSPS) is 12.3. The van der Waals surface area contributed by atoms with Gasteiger partial charge in [-0.15, -0.1) is 0 Å². The Morgan fingerprint density at radius 1 is 0.272 bits per heavy atom. The molecule has 12 aromatic carbocycles. The van der Waals surface area contributed by atoms with E-state index in [9.17, 15) is 0 Å². The number of hydrogen-bond donors (Lipinski definition) is 0. The first-order chi connectivity index (χ1) is 56.1. The summed E-state index contributed by atoms with van der Waals surface area (Å²) in [7, 11) is 0. The van der Waals surface area contributed by atoms with Gasteiger partial charge in [0.05, 0.1) is 11.0 Å². The molecule has 0 unspecified atom stereocenters. The quantitative estimate of drug-likeness (QED) is 0.0354. The predicted molar refractivity (Wildman–Crippen MR) is 496 cm³/mol. The van der Waals surface area contributed by atoms with Crippen LogP contribution in [0.1, 0.15) is 253 Å². The summed E-state index contributed by atoms with van der Waals surface area (Å²) in [5.41, 5.74) is 35.2. The highest BCUT2D eigenvalue weighted by Crippen LogP contribution is 2.58. The van der Waals surface area contributed by atoms with Crippen molar-refractivity contribution < 1.29 is 0 Å². The molecular formula is C111H127N3. The van der Waals surface area contributed by atoms with Crippen molar-refractivity contribution in [2.45, 2.75) is 253 Å². The van der Waals surface area contributed by atoms with E-state index in [1.165, 1.54) is 271 Å². The van der Waals surface area contributed by atoms with Gasteiger partial charge in [-0.25, -0.2) is 0 Å². The third-order valence-corrected chi connectivity index (χ3v) is 25.1. The number of para-hydroxylation sites is 1. The van der Waals surface area contributed by atoms with Crippen molar-refractivity contribution >= 4 is 55.9 Å². The minimum Gasteiger partial charge on any atom is -0.311 e. The topological polar surface area (TPSA) is 11.4 Å². The Balaban J connectivity index is 0.831. The van der Waals surface area contributed by atoms with Gasteiger partial charge in [0.25, 0.3) is 0 Å². The first-order valence-electron chi connectivity index (χ1n) is 44.8. The van der Waals surface area contributed by atoms with Gasteiger partial charge in [0, 0.05) is 56.0 Å². The summed E-state index contributed by atoms with van der Waals surface area (Å²) in [6, 6.07) is 101. The maximum Gasteiger partial charge on any atom is 0.0547 e. The SMILES string of the molecule is CCCCCCCCC1(CCCCCCCC)c2cc(C)ccc2-c2c1ccc1c2c2ccccc2n1-c1cc(CCCCCC)c(-c2ccc(N(c3ccc(-c4ccc(CCCC)cc4)cc3)c3ccc(-c4ccc(N(c5ccc(C)cc5)c5ccc(-c6ccc(CCCC)cc6)cc5)cc4)cc3)cc2)cc1CCCCCC. The molecule has 1 aliphatic rings. The van der Waals surface area contributed by atoms with Crippen molar-refractivity contribution in [3.05, 3.63) is 305 Å². The van der Waals surface area contributed by atoms with Crippen molar-refractivity contribution in [1.82, 2.24) is 4.57 Å². The number of hydrogen-bond acceptors (Lipinski definition) is 2. The average molecular weight is 1500 g/mol. The van der Waals surface area contributed by atoms with E-state index in [1.54, 1.807) is 11.1 Å². The summed E-state index contributed by atoms with van der Waals surface area (Å²) in [6.45, 7) is 18.4. The number of nitrogens with zero attached hydrogens (tertiary/aromatic N) is 3. The van der Waals surface area contributed by atoms with Gasteiger partial charge >= 0.3 is 0 Å². The minimum atomic E-state index is 0.00226. The molecule has 0 saturated carbocycles. The van der Waals surface area contributed by atoms with E-state index in [4.69, 9.17) is 0 Å². The van der Waals surface area contributed by atoms with E-state index in [0.717, 1.165) is 72.6 Å². The zero-order valence-electron chi connectivity index (χ0n) is 70.4. The van der Waals surface area contributed by atoms with Crippen LogP contribution in [-0.2, 0) is 31.1 Å². The third-order valence-electron chi connectivity index (χ3n) is 25.1. The molecule has 1 aromatic heterocycles. The Morgan fingerprint density at radius 2 is 0.649 bits per heavy atom. The lowest BCUT2D eigenvalue weighted by molar-refractivity contribution is 0.398. The van der Waals surface area contributed by atoms with Gasteiger partial charge in [-0.05, 0) is 264 Å². The smallest absolute Gasteiger partial charge is 0.0547 e. The number of rotatable bonds is 41. The van der Waals surface area contributed by atoms with Gasteiger partial charge in [-0.2, -0.15) is 0 Å². The molecule has 0 spiro atoms. The molecule has 114 heavy (non-hydrogen) atoms. The molecule has 1 heterocycles. The van der Waals surface area contributed by atoms with Crippen molar-refractivity contribution in [2.24, 2.45) is 0 Å². The number of anilines is 6. The fraction of sp³-hybridized carbons (Fsp3) is 0.351. The molecule has 0 radical (unpaired) electrons. The van der Waals surface area contributed by atoms with E-state index >= 15 is 0 Å². The molecule has 14 rings (SSSR count). The van der Waals surface area contributed by atoms with Crippen LogP contribution in [0.2, 0.25) is 0 Å². The number of unbranched alkanes of at least 4 members (excludes halogenated alkanes) is 18. The predicted octanol–water partition coefficient (Wildman–Crippen LogP) is 33.7. The van der Waals surface area contributed by atoms with Gasteiger partial charge < -0.3 is 14.4 Å². The van der Waals surface area contributed by atoms with Crippen LogP contribution in [0.4, 0.5) is 34.1 Å². The maximum absolute atomic E-state index is 2.74. The van der Waals surface area contributed by atoms with Crippen LogP contribution in [0, 0.1) is 13.8 Å². The average Bonchev–Trinajstić information content (AvgIpc) is 1.53. The summed E-state index contributed by atoms with van der Waals surface area (Å²) in [4.78, 5) is 4.84. The molecular weight excluding hydrogens is 1380 g/mol. The highest BCUT2D eigenvalue weighted by atomic mass is 15.1. The lowest BCUT2D eigenvalue weighted by atomic mass is 9.70. The first-order valence-corrected chi connectivity index (χ1v) is 44.8. The Kier molecular flexibility index (Phi) is 27.9. The highest BCUT2D eigenvalue weighted by molar-refractivity contribution is 6.18. The number of aryl methyl sites for hydroxylation is 6. The minimum absolute atomic E-state index is 0.00226. The van der Waals surface area contributed by atoms with Crippen LogP contribution in [0.15, 0.2) is 261 Å². The van der Waals surface area contributed by atoms with E-state index in [0.29, 0.717) is 0 Å². The highest BCUT2D eigenvalue weighted by Gasteiger charge is 2.44. The van der Waals surface area contributed by atoms with Gasteiger partial charge in [0.15, 0.2) is 0 Å². The van der Waals surface area contributed by atoms with Crippen LogP contribution in [0.3, 0.4) is 0 Å². The number of benzene rings is 12. The van der Waals surface area contributed by atoms with Crippen LogP contribution in [-0.4, -0.2) is 4.57 Å². The molecule has 0 fully saturated rings. The molecule has 3 heteroatoms. The Hall–Kier alpha value is -9.96.